The standard InChI is InChI=1S/C12H24N2O3/c1-5-6-7-9(4)13-12(17)14-10(8(2)3)11(15)16/h8-10H,5-7H2,1-4H3,(H,15,16)(H2,13,14,17)/t9?,10-/m0/s1. The molecule has 0 aromatic carbocycles. The molecule has 0 radical (unpaired) electrons. The van der Waals surface area contributed by atoms with Crippen molar-refractivity contribution in [3.8, 4) is 0 Å². The molecule has 0 aromatic heterocycles. The first-order valence-corrected chi connectivity index (χ1v) is 6.18. The average Bonchev–Trinajstić information content (AvgIpc) is 2.22. The first-order valence-electron chi connectivity index (χ1n) is 6.18. The summed E-state index contributed by atoms with van der Waals surface area (Å²) in [5, 5.41) is 14.1. The van der Waals surface area contributed by atoms with Gasteiger partial charge in [-0.25, -0.2) is 9.59 Å². The number of amides is 2. The Bertz CT molecular complexity index is 254. The summed E-state index contributed by atoms with van der Waals surface area (Å²) in [5.41, 5.74) is 0. The topological polar surface area (TPSA) is 78.4 Å². The van der Waals surface area contributed by atoms with Gasteiger partial charge in [0.25, 0.3) is 0 Å². The van der Waals surface area contributed by atoms with Gasteiger partial charge in [0.1, 0.15) is 6.04 Å². The van der Waals surface area contributed by atoms with E-state index in [9.17, 15) is 9.59 Å². The van der Waals surface area contributed by atoms with Crippen molar-refractivity contribution in [2.75, 3.05) is 0 Å². The average molecular weight is 244 g/mol. The van der Waals surface area contributed by atoms with Crippen LogP contribution in [-0.2, 0) is 4.79 Å². The number of nitrogens with one attached hydrogen (secondary N) is 2. The van der Waals surface area contributed by atoms with Crippen LogP contribution in [-0.4, -0.2) is 29.2 Å². The predicted octanol–water partition coefficient (Wildman–Crippen LogP) is 1.97. The molecule has 0 aliphatic rings. The number of carboxylic acids is 1. The lowest BCUT2D eigenvalue weighted by atomic mass is 10.1. The van der Waals surface area contributed by atoms with Gasteiger partial charge < -0.3 is 15.7 Å². The highest BCUT2D eigenvalue weighted by Crippen LogP contribution is 2.02. The zero-order chi connectivity index (χ0) is 13.4. The van der Waals surface area contributed by atoms with Crippen LogP contribution in [0.15, 0.2) is 0 Å². The summed E-state index contributed by atoms with van der Waals surface area (Å²) < 4.78 is 0. The van der Waals surface area contributed by atoms with E-state index in [0.29, 0.717) is 0 Å². The fourth-order valence-electron chi connectivity index (χ4n) is 1.50. The van der Waals surface area contributed by atoms with Crippen LogP contribution in [0.3, 0.4) is 0 Å². The van der Waals surface area contributed by atoms with Gasteiger partial charge in [-0.15, -0.1) is 0 Å². The van der Waals surface area contributed by atoms with Crippen molar-refractivity contribution in [3.05, 3.63) is 0 Å². The minimum Gasteiger partial charge on any atom is -0.480 e. The number of aliphatic carboxylic acids is 1. The molecule has 3 N–H and O–H groups in total. The summed E-state index contributed by atoms with van der Waals surface area (Å²) in [4.78, 5) is 22.4. The molecule has 100 valence electrons. The Labute approximate surface area is 103 Å². The molecule has 5 nitrogen and oxygen atoms in total. The molecule has 0 saturated carbocycles. The molecule has 0 aliphatic heterocycles. The number of unbranched alkanes of at least 4 members (excludes halogenated alkanes) is 1. The maximum Gasteiger partial charge on any atom is 0.326 e. The summed E-state index contributed by atoms with van der Waals surface area (Å²) in [6.07, 6.45) is 3.04. The highest BCUT2D eigenvalue weighted by molar-refractivity contribution is 5.82. The van der Waals surface area contributed by atoms with Gasteiger partial charge in [-0.05, 0) is 19.3 Å². The first kappa shape index (κ1) is 15.7. The normalized spacial score (nSPS) is 14.2. The van der Waals surface area contributed by atoms with E-state index in [1.165, 1.54) is 0 Å². The molecule has 5 heteroatoms. The van der Waals surface area contributed by atoms with E-state index in [4.69, 9.17) is 5.11 Å². The number of carbonyl (C=O) groups excluding carboxylic acids is 1. The van der Waals surface area contributed by atoms with Crippen LogP contribution in [0.5, 0.6) is 0 Å². The van der Waals surface area contributed by atoms with E-state index in [0.717, 1.165) is 19.3 Å². The quantitative estimate of drug-likeness (QED) is 0.640. The van der Waals surface area contributed by atoms with Crippen LogP contribution < -0.4 is 10.6 Å². The Kier molecular flexibility index (Phi) is 7.34. The van der Waals surface area contributed by atoms with Crippen LogP contribution in [0.25, 0.3) is 0 Å². The minimum atomic E-state index is -1.00. The van der Waals surface area contributed by atoms with Gasteiger partial charge in [-0.2, -0.15) is 0 Å². The van der Waals surface area contributed by atoms with Crippen molar-refractivity contribution >= 4 is 12.0 Å². The molecule has 2 atom stereocenters. The Morgan fingerprint density at radius 1 is 1.18 bits per heavy atom. The molecule has 0 saturated heterocycles. The Hall–Kier alpha value is -1.26. The number of urea groups is 1. The molecule has 0 bridgehead atoms. The molecule has 1 unspecified atom stereocenters. The van der Waals surface area contributed by atoms with Crippen molar-refractivity contribution in [3.63, 3.8) is 0 Å². The monoisotopic (exact) mass is 244 g/mol. The number of carboxylic acid groups (broad SMARTS) is 1. The summed E-state index contributed by atoms with van der Waals surface area (Å²) in [5.74, 6) is -1.14. The highest BCUT2D eigenvalue weighted by Gasteiger charge is 2.23. The van der Waals surface area contributed by atoms with Gasteiger partial charge in [0.15, 0.2) is 0 Å². The predicted molar refractivity (Wildman–Crippen MR) is 66.9 cm³/mol. The smallest absolute Gasteiger partial charge is 0.326 e. The fraction of sp³-hybridized carbons (Fsp3) is 0.833. The number of rotatable bonds is 7. The van der Waals surface area contributed by atoms with Crippen molar-refractivity contribution in [1.29, 1.82) is 0 Å². The molecule has 0 aliphatic carbocycles. The molecule has 17 heavy (non-hydrogen) atoms. The molecular weight excluding hydrogens is 220 g/mol. The summed E-state index contributed by atoms with van der Waals surface area (Å²) in [7, 11) is 0. The largest absolute Gasteiger partial charge is 0.480 e. The third-order valence-electron chi connectivity index (χ3n) is 2.59. The Balaban J connectivity index is 4.10. The van der Waals surface area contributed by atoms with Gasteiger partial charge in [-0.1, -0.05) is 33.6 Å². The molecule has 0 spiro atoms. The summed E-state index contributed by atoms with van der Waals surface area (Å²) in [6, 6.07) is -1.18. The van der Waals surface area contributed by atoms with Crippen LogP contribution >= 0.6 is 0 Å². The molecule has 0 heterocycles. The number of hydrogen-bond donors (Lipinski definition) is 3. The van der Waals surface area contributed by atoms with E-state index in [2.05, 4.69) is 17.6 Å². The number of carbonyl (C=O) groups is 2. The second kappa shape index (κ2) is 7.92. The lowest BCUT2D eigenvalue weighted by Gasteiger charge is -2.20. The second-order valence-electron chi connectivity index (χ2n) is 4.72. The molecule has 0 aromatic rings. The van der Waals surface area contributed by atoms with E-state index in [1.54, 1.807) is 13.8 Å². The van der Waals surface area contributed by atoms with E-state index in [1.807, 2.05) is 6.92 Å². The maximum atomic E-state index is 11.6. The highest BCUT2D eigenvalue weighted by atomic mass is 16.4. The van der Waals surface area contributed by atoms with Crippen LogP contribution in [0.1, 0.15) is 47.0 Å². The van der Waals surface area contributed by atoms with Crippen LogP contribution in [0.4, 0.5) is 4.79 Å². The molecule has 0 rings (SSSR count). The summed E-state index contributed by atoms with van der Waals surface area (Å²) in [6.45, 7) is 7.53. The maximum absolute atomic E-state index is 11.6. The Morgan fingerprint density at radius 2 is 1.76 bits per heavy atom. The van der Waals surface area contributed by atoms with Gasteiger partial charge in [0, 0.05) is 6.04 Å². The van der Waals surface area contributed by atoms with E-state index in [-0.39, 0.29) is 12.0 Å². The third kappa shape index (κ3) is 6.81. The second-order valence-corrected chi connectivity index (χ2v) is 4.72. The Morgan fingerprint density at radius 3 is 2.18 bits per heavy atom. The van der Waals surface area contributed by atoms with Crippen LogP contribution in [0.2, 0.25) is 0 Å². The number of hydrogen-bond acceptors (Lipinski definition) is 2. The van der Waals surface area contributed by atoms with Gasteiger partial charge >= 0.3 is 12.0 Å². The van der Waals surface area contributed by atoms with Gasteiger partial charge in [-0.3, -0.25) is 0 Å². The van der Waals surface area contributed by atoms with Crippen LogP contribution in [0, 0.1) is 5.92 Å². The zero-order valence-corrected chi connectivity index (χ0v) is 11.1. The van der Waals surface area contributed by atoms with E-state index >= 15 is 0 Å². The minimum absolute atomic E-state index is 0.0663. The molecular formula is C12H24N2O3. The lowest BCUT2D eigenvalue weighted by Crippen LogP contribution is -2.50. The molecule has 0 fully saturated rings. The molecule has 2 amide bonds. The summed E-state index contributed by atoms with van der Waals surface area (Å²) >= 11 is 0. The van der Waals surface area contributed by atoms with Crippen molar-refractivity contribution in [2.24, 2.45) is 5.92 Å². The SMILES string of the molecule is CCCCC(C)NC(=O)N[C@H](C(=O)O)C(C)C. The van der Waals surface area contributed by atoms with Gasteiger partial charge in [0.2, 0.25) is 0 Å². The van der Waals surface area contributed by atoms with Crippen molar-refractivity contribution in [2.45, 2.75) is 59.0 Å². The third-order valence-corrected chi connectivity index (χ3v) is 2.59. The fourth-order valence-corrected chi connectivity index (χ4v) is 1.50. The lowest BCUT2D eigenvalue weighted by molar-refractivity contribution is -0.140. The van der Waals surface area contributed by atoms with Crippen molar-refractivity contribution < 1.29 is 14.7 Å². The van der Waals surface area contributed by atoms with E-state index < -0.39 is 18.0 Å². The van der Waals surface area contributed by atoms with Gasteiger partial charge in [0.05, 0.1) is 0 Å². The zero-order valence-electron chi connectivity index (χ0n) is 11.1. The first-order chi connectivity index (χ1) is 7.88. The van der Waals surface area contributed by atoms with Crippen molar-refractivity contribution in [1.82, 2.24) is 10.6 Å².